The normalized spacial score (nSPS) is 21.4. The smallest absolute Gasteiger partial charge is 0.310 e. The number of halogens is 1. The molecule has 2 aliphatic rings. The van der Waals surface area contributed by atoms with Crippen molar-refractivity contribution in [1.82, 2.24) is 4.98 Å². The number of anilines is 1. The second-order valence-corrected chi connectivity index (χ2v) is 6.03. The molecule has 1 aromatic heterocycles. The third-order valence-corrected chi connectivity index (χ3v) is 4.52. The maximum atomic E-state index is 11.0. The van der Waals surface area contributed by atoms with E-state index in [4.69, 9.17) is 16.3 Å². The molecule has 1 aliphatic carbocycles. The highest BCUT2D eigenvalue weighted by Crippen LogP contribution is 2.50. The SMILES string of the molecule is O=[N+]([O-])c1cnc(Cl)cc1NC1CC2(CCOCC2)C1. The molecule has 0 unspecified atom stereocenters. The molecular formula is C13H16ClN3O3. The minimum absolute atomic E-state index is 0.0256. The van der Waals surface area contributed by atoms with E-state index in [2.05, 4.69) is 10.3 Å². The third kappa shape index (κ3) is 2.58. The van der Waals surface area contributed by atoms with Crippen molar-refractivity contribution in [2.24, 2.45) is 5.41 Å². The van der Waals surface area contributed by atoms with Crippen molar-refractivity contribution in [3.8, 4) is 0 Å². The highest BCUT2D eigenvalue weighted by atomic mass is 35.5. The predicted octanol–water partition coefficient (Wildman–Crippen LogP) is 3.01. The first-order valence-electron chi connectivity index (χ1n) is 6.72. The van der Waals surface area contributed by atoms with E-state index in [1.165, 1.54) is 12.3 Å². The summed E-state index contributed by atoms with van der Waals surface area (Å²) in [7, 11) is 0. The highest BCUT2D eigenvalue weighted by Gasteiger charge is 2.45. The van der Waals surface area contributed by atoms with Gasteiger partial charge in [0.05, 0.1) is 4.92 Å². The van der Waals surface area contributed by atoms with Crippen LogP contribution in [-0.2, 0) is 4.74 Å². The summed E-state index contributed by atoms with van der Waals surface area (Å²) in [6, 6.07) is 1.79. The second-order valence-electron chi connectivity index (χ2n) is 5.64. The number of ether oxygens (including phenoxy) is 1. The summed E-state index contributed by atoms with van der Waals surface area (Å²) in [5.41, 5.74) is 0.811. The Morgan fingerprint density at radius 3 is 2.80 bits per heavy atom. The molecule has 0 amide bonds. The Morgan fingerprint density at radius 2 is 2.15 bits per heavy atom. The van der Waals surface area contributed by atoms with Gasteiger partial charge in [0.1, 0.15) is 17.0 Å². The van der Waals surface area contributed by atoms with Crippen LogP contribution in [-0.4, -0.2) is 29.2 Å². The maximum Gasteiger partial charge on any atom is 0.310 e. The molecule has 1 saturated heterocycles. The molecule has 7 heteroatoms. The van der Waals surface area contributed by atoms with Gasteiger partial charge in [-0.2, -0.15) is 0 Å². The van der Waals surface area contributed by atoms with Crippen molar-refractivity contribution in [2.45, 2.75) is 31.7 Å². The van der Waals surface area contributed by atoms with Crippen molar-refractivity contribution in [1.29, 1.82) is 0 Å². The average Bonchev–Trinajstić information content (AvgIpc) is 2.38. The van der Waals surface area contributed by atoms with Gasteiger partial charge in [0.25, 0.3) is 0 Å². The summed E-state index contributed by atoms with van der Waals surface area (Å²) in [5, 5.41) is 14.5. The fourth-order valence-electron chi connectivity index (χ4n) is 3.20. The van der Waals surface area contributed by atoms with Crippen LogP contribution in [0.3, 0.4) is 0 Å². The lowest BCUT2D eigenvalue weighted by Gasteiger charge is -2.50. The van der Waals surface area contributed by atoms with Crippen LogP contribution in [0.4, 0.5) is 11.4 Å². The first kappa shape index (κ1) is 13.6. The average molecular weight is 298 g/mol. The molecule has 0 atom stereocenters. The molecule has 1 saturated carbocycles. The molecule has 0 radical (unpaired) electrons. The van der Waals surface area contributed by atoms with Gasteiger partial charge in [0.2, 0.25) is 0 Å². The van der Waals surface area contributed by atoms with Gasteiger partial charge in [-0.25, -0.2) is 4.98 Å². The molecule has 0 aromatic carbocycles. The maximum absolute atomic E-state index is 11.0. The largest absolute Gasteiger partial charge is 0.381 e. The molecule has 1 N–H and O–H groups in total. The number of pyridine rings is 1. The quantitative estimate of drug-likeness (QED) is 0.527. The Hall–Kier alpha value is -1.40. The number of hydrogen-bond acceptors (Lipinski definition) is 5. The van der Waals surface area contributed by atoms with Crippen LogP contribution >= 0.6 is 11.6 Å². The highest BCUT2D eigenvalue weighted by molar-refractivity contribution is 6.29. The van der Waals surface area contributed by atoms with E-state index in [1.54, 1.807) is 0 Å². The van der Waals surface area contributed by atoms with Gasteiger partial charge in [-0.1, -0.05) is 11.6 Å². The van der Waals surface area contributed by atoms with E-state index in [-0.39, 0.29) is 16.9 Å². The van der Waals surface area contributed by atoms with Gasteiger partial charge in [0, 0.05) is 25.3 Å². The molecule has 20 heavy (non-hydrogen) atoms. The number of nitro groups is 1. The second kappa shape index (κ2) is 5.18. The molecule has 6 nitrogen and oxygen atoms in total. The van der Waals surface area contributed by atoms with Crippen LogP contribution in [0, 0.1) is 15.5 Å². The van der Waals surface area contributed by atoms with E-state index in [0.717, 1.165) is 38.9 Å². The van der Waals surface area contributed by atoms with E-state index in [9.17, 15) is 10.1 Å². The molecular weight excluding hydrogens is 282 g/mol. The first-order valence-corrected chi connectivity index (χ1v) is 7.10. The Morgan fingerprint density at radius 1 is 1.45 bits per heavy atom. The van der Waals surface area contributed by atoms with Crippen LogP contribution in [0.1, 0.15) is 25.7 Å². The van der Waals surface area contributed by atoms with E-state index in [1.807, 2.05) is 0 Å². The van der Waals surface area contributed by atoms with Gasteiger partial charge in [-0.15, -0.1) is 0 Å². The molecule has 108 valence electrons. The molecule has 0 bridgehead atoms. The minimum Gasteiger partial charge on any atom is -0.381 e. The summed E-state index contributed by atoms with van der Waals surface area (Å²) in [5.74, 6) is 0. The van der Waals surface area contributed by atoms with Crippen molar-refractivity contribution in [3.05, 3.63) is 27.5 Å². The fourth-order valence-corrected chi connectivity index (χ4v) is 3.36. The third-order valence-electron chi connectivity index (χ3n) is 4.32. The zero-order valence-corrected chi connectivity index (χ0v) is 11.7. The van der Waals surface area contributed by atoms with Crippen LogP contribution in [0.2, 0.25) is 5.15 Å². The lowest BCUT2D eigenvalue weighted by Crippen LogP contribution is -2.48. The van der Waals surface area contributed by atoms with Crippen molar-refractivity contribution < 1.29 is 9.66 Å². The number of rotatable bonds is 3. The first-order chi connectivity index (χ1) is 9.58. The van der Waals surface area contributed by atoms with E-state index < -0.39 is 4.92 Å². The Labute approximate surface area is 121 Å². The van der Waals surface area contributed by atoms with E-state index in [0.29, 0.717) is 11.1 Å². The Bertz CT molecular complexity index is 524. The number of nitrogens with one attached hydrogen (secondary N) is 1. The van der Waals surface area contributed by atoms with Gasteiger partial charge in [-0.3, -0.25) is 10.1 Å². The molecule has 3 rings (SSSR count). The van der Waals surface area contributed by atoms with E-state index >= 15 is 0 Å². The number of aromatic nitrogens is 1. The molecule has 2 heterocycles. The molecule has 1 aromatic rings. The standard InChI is InChI=1S/C13H16ClN3O3/c14-12-5-10(11(8-15-12)17(18)19)16-9-6-13(7-9)1-3-20-4-2-13/h5,8-9H,1-4,6-7H2,(H,15,16). The lowest BCUT2D eigenvalue weighted by atomic mass is 9.61. The van der Waals surface area contributed by atoms with Crippen LogP contribution in [0.15, 0.2) is 12.3 Å². The Balaban J connectivity index is 1.67. The summed E-state index contributed by atoms with van der Waals surface area (Å²) in [6.07, 6.45) is 5.45. The van der Waals surface area contributed by atoms with Gasteiger partial charge in [-0.05, 0) is 31.1 Å². The zero-order chi connectivity index (χ0) is 14.2. The predicted molar refractivity (Wildman–Crippen MR) is 75.0 cm³/mol. The monoisotopic (exact) mass is 297 g/mol. The summed E-state index contributed by atoms with van der Waals surface area (Å²) < 4.78 is 5.39. The molecule has 1 spiro atoms. The minimum atomic E-state index is -0.436. The van der Waals surface area contributed by atoms with Crippen LogP contribution in [0.5, 0.6) is 0 Å². The Kier molecular flexibility index (Phi) is 3.52. The summed E-state index contributed by atoms with van der Waals surface area (Å²) >= 11 is 5.82. The topological polar surface area (TPSA) is 77.3 Å². The van der Waals surface area contributed by atoms with Crippen LogP contribution in [0.25, 0.3) is 0 Å². The molecule has 1 aliphatic heterocycles. The number of hydrogen-bond donors (Lipinski definition) is 1. The lowest BCUT2D eigenvalue weighted by molar-refractivity contribution is -0.384. The van der Waals surface area contributed by atoms with Crippen LogP contribution < -0.4 is 5.32 Å². The fraction of sp³-hybridized carbons (Fsp3) is 0.615. The van der Waals surface area contributed by atoms with Crippen molar-refractivity contribution in [3.63, 3.8) is 0 Å². The van der Waals surface area contributed by atoms with Crippen molar-refractivity contribution in [2.75, 3.05) is 18.5 Å². The summed E-state index contributed by atoms with van der Waals surface area (Å²) in [6.45, 7) is 1.65. The van der Waals surface area contributed by atoms with Gasteiger partial charge in [0.15, 0.2) is 0 Å². The van der Waals surface area contributed by atoms with Gasteiger partial charge < -0.3 is 10.1 Å². The summed E-state index contributed by atoms with van der Waals surface area (Å²) in [4.78, 5) is 14.3. The molecule has 2 fully saturated rings. The number of nitrogens with zero attached hydrogens (tertiary/aromatic N) is 2. The van der Waals surface area contributed by atoms with Gasteiger partial charge >= 0.3 is 5.69 Å². The zero-order valence-electron chi connectivity index (χ0n) is 11.0. The van der Waals surface area contributed by atoms with Crippen molar-refractivity contribution >= 4 is 23.0 Å².